The molecule has 1 aromatic rings. The molecule has 0 amide bonds. The van der Waals surface area contributed by atoms with Gasteiger partial charge in [-0.2, -0.15) is 0 Å². The summed E-state index contributed by atoms with van der Waals surface area (Å²) < 4.78 is 5.67. The molecule has 18 heavy (non-hydrogen) atoms. The maximum absolute atomic E-state index is 6.22. The van der Waals surface area contributed by atoms with E-state index in [-0.39, 0.29) is 6.04 Å². The number of hydrogen-bond donors (Lipinski definition) is 1. The third-order valence-electron chi connectivity index (χ3n) is 3.76. The normalized spacial score (nSPS) is 19.7. The minimum absolute atomic E-state index is 0.129. The summed E-state index contributed by atoms with van der Waals surface area (Å²) >= 11 is 0. The highest BCUT2D eigenvalue weighted by atomic mass is 16.5. The molecule has 0 saturated carbocycles. The van der Waals surface area contributed by atoms with Gasteiger partial charge in [-0.3, -0.25) is 4.98 Å². The van der Waals surface area contributed by atoms with Gasteiger partial charge in [-0.1, -0.05) is 6.92 Å². The molecule has 1 aliphatic heterocycles. The summed E-state index contributed by atoms with van der Waals surface area (Å²) in [6, 6.07) is 3.92. The number of nitrogens with zero attached hydrogens (tertiary/aromatic N) is 2. The smallest absolute Gasteiger partial charge is 0.137 e. The second kappa shape index (κ2) is 6.71. The number of hydrogen-bond acceptors (Lipinski definition) is 4. The first kappa shape index (κ1) is 13.3. The molecule has 1 atom stereocenters. The Balaban J connectivity index is 1.73. The van der Waals surface area contributed by atoms with Crippen molar-refractivity contribution in [2.24, 2.45) is 11.7 Å². The minimum atomic E-state index is 0.129. The fraction of sp³-hybridized carbons (Fsp3) is 0.643. The number of aromatic nitrogens is 1. The van der Waals surface area contributed by atoms with Crippen molar-refractivity contribution in [3.63, 3.8) is 0 Å². The number of piperidine rings is 1. The number of ether oxygens (including phenoxy) is 1. The van der Waals surface area contributed by atoms with Crippen LogP contribution in [0.1, 0.15) is 19.8 Å². The Morgan fingerprint density at radius 2 is 2.28 bits per heavy atom. The topological polar surface area (TPSA) is 51.4 Å². The summed E-state index contributed by atoms with van der Waals surface area (Å²) in [5.41, 5.74) is 6.22. The Kier molecular flexibility index (Phi) is 4.96. The van der Waals surface area contributed by atoms with Gasteiger partial charge in [0.1, 0.15) is 12.4 Å². The van der Waals surface area contributed by atoms with Crippen LogP contribution in [0.5, 0.6) is 5.75 Å². The average molecular weight is 249 g/mol. The van der Waals surface area contributed by atoms with Crippen molar-refractivity contribution >= 4 is 0 Å². The first-order chi connectivity index (χ1) is 8.79. The van der Waals surface area contributed by atoms with Gasteiger partial charge in [0, 0.05) is 12.2 Å². The van der Waals surface area contributed by atoms with Crippen LogP contribution >= 0.6 is 0 Å². The summed E-state index contributed by atoms with van der Waals surface area (Å²) in [6.07, 6.45) is 5.84. The van der Waals surface area contributed by atoms with Crippen molar-refractivity contribution in [1.82, 2.24) is 9.88 Å². The molecular weight excluding hydrogens is 226 g/mol. The van der Waals surface area contributed by atoms with Crippen molar-refractivity contribution in [1.29, 1.82) is 0 Å². The van der Waals surface area contributed by atoms with Crippen LogP contribution < -0.4 is 10.5 Å². The summed E-state index contributed by atoms with van der Waals surface area (Å²) in [6.45, 7) is 6.28. The molecule has 0 spiro atoms. The fourth-order valence-electron chi connectivity index (χ4n) is 2.46. The first-order valence-corrected chi connectivity index (χ1v) is 6.80. The van der Waals surface area contributed by atoms with Crippen molar-refractivity contribution in [2.45, 2.75) is 25.8 Å². The van der Waals surface area contributed by atoms with Crippen LogP contribution in [0, 0.1) is 5.92 Å². The van der Waals surface area contributed by atoms with Gasteiger partial charge in [0.2, 0.25) is 0 Å². The van der Waals surface area contributed by atoms with Crippen LogP contribution in [0.25, 0.3) is 0 Å². The van der Waals surface area contributed by atoms with Crippen LogP contribution in [0.15, 0.2) is 24.5 Å². The molecule has 4 heteroatoms. The molecule has 0 bridgehead atoms. The number of nitrogens with two attached hydrogens (primary N) is 1. The van der Waals surface area contributed by atoms with Gasteiger partial charge in [-0.25, -0.2) is 0 Å². The molecule has 1 aliphatic rings. The molecule has 100 valence electrons. The van der Waals surface area contributed by atoms with E-state index in [1.807, 2.05) is 12.1 Å². The highest BCUT2D eigenvalue weighted by Gasteiger charge is 2.23. The van der Waals surface area contributed by atoms with Crippen LogP contribution in [0.2, 0.25) is 0 Å². The lowest BCUT2D eigenvalue weighted by atomic mass is 9.90. The number of rotatable bonds is 5. The van der Waals surface area contributed by atoms with Crippen molar-refractivity contribution in [2.75, 3.05) is 26.2 Å². The van der Waals surface area contributed by atoms with E-state index in [9.17, 15) is 0 Å². The van der Waals surface area contributed by atoms with E-state index < -0.39 is 0 Å². The molecule has 2 heterocycles. The predicted molar refractivity (Wildman–Crippen MR) is 72.5 cm³/mol. The highest BCUT2D eigenvalue weighted by molar-refractivity contribution is 5.15. The first-order valence-electron chi connectivity index (χ1n) is 6.80. The zero-order valence-corrected chi connectivity index (χ0v) is 11.1. The number of likely N-dealkylation sites (tertiary alicyclic amines) is 1. The predicted octanol–water partition coefficient (Wildman–Crippen LogP) is 1.52. The zero-order valence-electron chi connectivity index (χ0n) is 11.1. The fourth-order valence-corrected chi connectivity index (χ4v) is 2.46. The Morgan fingerprint density at radius 1 is 1.50 bits per heavy atom. The monoisotopic (exact) mass is 249 g/mol. The van der Waals surface area contributed by atoms with Crippen LogP contribution in [0.3, 0.4) is 0 Å². The van der Waals surface area contributed by atoms with Gasteiger partial charge in [-0.05, 0) is 50.5 Å². The maximum atomic E-state index is 6.22. The Hall–Kier alpha value is -1.13. The lowest BCUT2D eigenvalue weighted by molar-refractivity contribution is 0.151. The van der Waals surface area contributed by atoms with E-state index in [0.717, 1.165) is 12.3 Å². The molecule has 2 N–H and O–H groups in total. The van der Waals surface area contributed by atoms with Crippen molar-refractivity contribution in [3.8, 4) is 5.75 Å². The third-order valence-corrected chi connectivity index (χ3v) is 3.76. The second-order valence-electron chi connectivity index (χ2n) is 4.94. The molecule has 1 fully saturated rings. The lowest BCUT2D eigenvalue weighted by Crippen LogP contribution is -2.43. The molecule has 1 unspecified atom stereocenters. The van der Waals surface area contributed by atoms with Crippen LogP contribution in [0.4, 0.5) is 0 Å². The van der Waals surface area contributed by atoms with E-state index in [0.29, 0.717) is 12.5 Å². The number of pyridine rings is 1. The quantitative estimate of drug-likeness (QED) is 0.859. The molecule has 0 aliphatic carbocycles. The second-order valence-corrected chi connectivity index (χ2v) is 4.94. The summed E-state index contributed by atoms with van der Waals surface area (Å²) in [5.74, 6) is 1.39. The molecule has 2 rings (SSSR count). The van der Waals surface area contributed by atoms with Gasteiger partial charge in [-0.15, -0.1) is 0 Å². The van der Waals surface area contributed by atoms with Crippen molar-refractivity contribution in [3.05, 3.63) is 24.5 Å². The summed E-state index contributed by atoms with van der Waals surface area (Å²) in [7, 11) is 0. The van der Waals surface area contributed by atoms with E-state index >= 15 is 0 Å². The van der Waals surface area contributed by atoms with Gasteiger partial charge >= 0.3 is 0 Å². The molecule has 1 aromatic heterocycles. The van der Waals surface area contributed by atoms with Gasteiger partial charge < -0.3 is 15.4 Å². The summed E-state index contributed by atoms with van der Waals surface area (Å²) in [5, 5.41) is 0. The van der Waals surface area contributed by atoms with E-state index in [1.165, 1.54) is 25.9 Å². The lowest BCUT2D eigenvalue weighted by Gasteiger charge is -2.33. The molecule has 4 nitrogen and oxygen atoms in total. The van der Waals surface area contributed by atoms with E-state index in [4.69, 9.17) is 10.5 Å². The summed E-state index contributed by atoms with van der Waals surface area (Å²) in [4.78, 5) is 6.50. The Morgan fingerprint density at radius 3 is 2.89 bits per heavy atom. The standard InChI is InChI=1S/C14H23N3O/c1-2-17-8-5-12(6-9-17)14(15)11-18-13-4-3-7-16-10-13/h3-4,7,10,12,14H,2,5-6,8-9,11,15H2,1H3. The Bertz CT molecular complexity index is 336. The van der Waals surface area contributed by atoms with E-state index in [2.05, 4.69) is 16.8 Å². The van der Waals surface area contributed by atoms with Gasteiger partial charge in [0.25, 0.3) is 0 Å². The van der Waals surface area contributed by atoms with Gasteiger partial charge in [0.15, 0.2) is 0 Å². The molecule has 1 saturated heterocycles. The van der Waals surface area contributed by atoms with Gasteiger partial charge in [0.05, 0.1) is 6.20 Å². The minimum Gasteiger partial charge on any atom is -0.490 e. The van der Waals surface area contributed by atoms with Crippen LogP contribution in [-0.2, 0) is 0 Å². The maximum Gasteiger partial charge on any atom is 0.137 e. The third kappa shape index (κ3) is 3.68. The van der Waals surface area contributed by atoms with E-state index in [1.54, 1.807) is 12.4 Å². The largest absolute Gasteiger partial charge is 0.490 e. The Labute approximate surface area is 109 Å². The zero-order chi connectivity index (χ0) is 12.8. The molecule has 0 aromatic carbocycles. The highest BCUT2D eigenvalue weighted by Crippen LogP contribution is 2.20. The van der Waals surface area contributed by atoms with Crippen molar-refractivity contribution < 1.29 is 4.74 Å². The average Bonchev–Trinajstić information content (AvgIpc) is 2.46. The molecule has 0 radical (unpaired) electrons. The SMILES string of the molecule is CCN1CCC(C(N)COc2cccnc2)CC1. The molecular formula is C14H23N3O. The van der Waals surface area contributed by atoms with Crippen LogP contribution in [-0.4, -0.2) is 42.2 Å².